The summed E-state index contributed by atoms with van der Waals surface area (Å²) in [6, 6.07) is 7.45. The maximum Gasteiger partial charge on any atom is 0.120 e. The zero-order chi connectivity index (χ0) is 13.8. The molecule has 0 saturated heterocycles. The van der Waals surface area contributed by atoms with Crippen molar-refractivity contribution in [1.82, 2.24) is 10.6 Å². The van der Waals surface area contributed by atoms with Crippen LogP contribution in [-0.4, -0.2) is 46.5 Å². The van der Waals surface area contributed by atoms with Gasteiger partial charge in [-0.3, -0.25) is 0 Å². The van der Waals surface area contributed by atoms with E-state index in [9.17, 15) is 0 Å². The van der Waals surface area contributed by atoms with Gasteiger partial charge in [-0.05, 0) is 37.7 Å². The highest BCUT2D eigenvalue weighted by Crippen LogP contribution is 2.16. The van der Waals surface area contributed by atoms with Crippen molar-refractivity contribution in [2.45, 2.75) is 6.42 Å². The third-order valence-corrected chi connectivity index (χ3v) is 2.77. The lowest BCUT2D eigenvalue weighted by atomic mass is 10.3. The van der Waals surface area contributed by atoms with Gasteiger partial charge in [0.05, 0.1) is 6.61 Å². The molecule has 1 rings (SSSR count). The van der Waals surface area contributed by atoms with Crippen molar-refractivity contribution in [1.29, 1.82) is 0 Å². The highest BCUT2D eigenvalue weighted by molar-refractivity contribution is 6.30. The number of hydrogen-bond acceptors (Lipinski definition) is 4. The van der Waals surface area contributed by atoms with Crippen LogP contribution < -0.4 is 15.4 Å². The molecule has 0 heterocycles. The van der Waals surface area contributed by atoms with Crippen LogP contribution in [0.5, 0.6) is 5.75 Å². The predicted octanol–water partition coefficient (Wildman–Crippen LogP) is 1.93. The van der Waals surface area contributed by atoms with Crippen molar-refractivity contribution in [3.63, 3.8) is 0 Å². The van der Waals surface area contributed by atoms with E-state index in [0.717, 1.165) is 45.0 Å². The van der Waals surface area contributed by atoms with Crippen LogP contribution in [0, 0.1) is 0 Å². The van der Waals surface area contributed by atoms with Gasteiger partial charge in [-0.15, -0.1) is 0 Å². The summed E-state index contributed by atoms with van der Waals surface area (Å²) >= 11 is 5.87. The smallest absolute Gasteiger partial charge is 0.120 e. The fourth-order valence-electron chi connectivity index (χ4n) is 1.56. The highest BCUT2D eigenvalue weighted by Gasteiger charge is 1.94. The first kappa shape index (κ1) is 16.2. The van der Waals surface area contributed by atoms with Crippen molar-refractivity contribution in [2.24, 2.45) is 0 Å². The molecule has 5 heteroatoms. The van der Waals surface area contributed by atoms with Crippen LogP contribution in [0.4, 0.5) is 0 Å². The standard InChI is InChI=1S/C14H23ClN2O2/c1-18-10-8-16-6-3-7-17-9-11-19-14-5-2-4-13(15)12-14/h2,4-5,12,16-17H,3,6-11H2,1H3. The minimum atomic E-state index is 0.650. The van der Waals surface area contributed by atoms with Gasteiger partial charge in [-0.2, -0.15) is 0 Å². The number of nitrogens with one attached hydrogen (secondary N) is 2. The van der Waals surface area contributed by atoms with E-state index in [4.69, 9.17) is 21.1 Å². The molecule has 0 aliphatic rings. The van der Waals surface area contributed by atoms with Gasteiger partial charge in [0.25, 0.3) is 0 Å². The largest absolute Gasteiger partial charge is 0.492 e. The maximum atomic E-state index is 5.87. The Kier molecular flexibility index (Phi) is 9.45. The van der Waals surface area contributed by atoms with Gasteiger partial charge >= 0.3 is 0 Å². The van der Waals surface area contributed by atoms with E-state index in [2.05, 4.69) is 10.6 Å². The normalized spacial score (nSPS) is 10.6. The maximum absolute atomic E-state index is 5.87. The van der Waals surface area contributed by atoms with Gasteiger partial charge in [0.2, 0.25) is 0 Å². The molecule has 0 fully saturated rings. The molecule has 1 aromatic carbocycles. The fourth-order valence-corrected chi connectivity index (χ4v) is 1.74. The summed E-state index contributed by atoms with van der Waals surface area (Å²) in [5.41, 5.74) is 0. The molecule has 108 valence electrons. The number of hydrogen-bond donors (Lipinski definition) is 2. The lowest BCUT2D eigenvalue weighted by Crippen LogP contribution is -2.26. The van der Waals surface area contributed by atoms with E-state index >= 15 is 0 Å². The molecule has 4 nitrogen and oxygen atoms in total. The number of halogens is 1. The summed E-state index contributed by atoms with van der Waals surface area (Å²) < 4.78 is 10.5. The zero-order valence-electron chi connectivity index (χ0n) is 11.5. The van der Waals surface area contributed by atoms with Gasteiger partial charge in [0.15, 0.2) is 0 Å². The molecule has 0 spiro atoms. The Morgan fingerprint density at radius 2 is 1.79 bits per heavy atom. The average Bonchev–Trinajstić information content (AvgIpc) is 2.41. The van der Waals surface area contributed by atoms with E-state index < -0.39 is 0 Å². The minimum absolute atomic E-state index is 0.650. The molecule has 0 aliphatic heterocycles. The van der Waals surface area contributed by atoms with Crippen molar-refractivity contribution >= 4 is 11.6 Å². The summed E-state index contributed by atoms with van der Waals surface area (Å²) in [5.74, 6) is 0.815. The fraction of sp³-hybridized carbons (Fsp3) is 0.571. The summed E-state index contributed by atoms with van der Waals surface area (Å²) in [5, 5.41) is 7.33. The average molecular weight is 287 g/mol. The zero-order valence-corrected chi connectivity index (χ0v) is 12.2. The molecule has 0 unspecified atom stereocenters. The van der Waals surface area contributed by atoms with Crippen molar-refractivity contribution in [3.05, 3.63) is 29.3 Å². The van der Waals surface area contributed by atoms with E-state index in [1.54, 1.807) is 7.11 Å². The Balaban J connectivity index is 1.89. The van der Waals surface area contributed by atoms with E-state index in [-0.39, 0.29) is 0 Å². The predicted molar refractivity (Wildman–Crippen MR) is 79.2 cm³/mol. The molecule has 2 N–H and O–H groups in total. The Morgan fingerprint density at radius 3 is 2.47 bits per heavy atom. The molecule has 0 aliphatic carbocycles. The number of benzene rings is 1. The lowest BCUT2D eigenvalue weighted by Gasteiger charge is -2.08. The number of methoxy groups -OCH3 is 1. The van der Waals surface area contributed by atoms with Crippen LogP contribution in [0.15, 0.2) is 24.3 Å². The first-order valence-electron chi connectivity index (χ1n) is 6.61. The second-order valence-electron chi connectivity index (χ2n) is 4.15. The third kappa shape index (κ3) is 8.83. The highest BCUT2D eigenvalue weighted by atomic mass is 35.5. The number of ether oxygens (including phenoxy) is 2. The molecule has 1 aromatic rings. The third-order valence-electron chi connectivity index (χ3n) is 2.53. The van der Waals surface area contributed by atoms with E-state index in [1.807, 2.05) is 24.3 Å². The number of rotatable bonds is 11. The van der Waals surface area contributed by atoms with Crippen LogP contribution in [-0.2, 0) is 4.74 Å². The first-order valence-corrected chi connectivity index (χ1v) is 6.99. The monoisotopic (exact) mass is 286 g/mol. The van der Waals surface area contributed by atoms with Crippen LogP contribution >= 0.6 is 11.6 Å². The molecule has 0 aromatic heterocycles. The van der Waals surface area contributed by atoms with Gasteiger partial charge in [-0.25, -0.2) is 0 Å². The summed E-state index contributed by atoms with van der Waals surface area (Å²) in [6.45, 7) is 5.15. The SMILES string of the molecule is COCCNCCCNCCOc1cccc(Cl)c1. The molecule has 0 atom stereocenters. The van der Waals surface area contributed by atoms with Crippen LogP contribution in [0.25, 0.3) is 0 Å². The molecule has 0 radical (unpaired) electrons. The first-order chi connectivity index (χ1) is 9.33. The summed E-state index contributed by atoms with van der Waals surface area (Å²) in [6.07, 6.45) is 1.10. The molecular weight excluding hydrogens is 264 g/mol. The second kappa shape index (κ2) is 11.1. The Labute approximate surface area is 120 Å². The Hall–Kier alpha value is -0.810. The minimum Gasteiger partial charge on any atom is -0.492 e. The van der Waals surface area contributed by atoms with Crippen molar-refractivity contribution < 1.29 is 9.47 Å². The quantitative estimate of drug-likeness (QED) is 0.610. The topological polar surface area (TPSA) is 42.5 Å². The molecule has 19 heavy (non-hydrogen) atoms. The van der Waals surface area contributed by atoms with Crippen molar-refractivity contribution in [2.75, 3.05) is 46.5 Å². The lowest BCUT2D eigenvalue weighted by molar-refractivity contribution is 0.199. The van der Waals surface area contributed by atoms with Crippen molar-refractivity contribution in [3.8, 4) is 5.75 Å². The molecular formula is C14H23ClN2O2. The molecule has 0 bridgehead atoms. The Bertz CT molecular complexity index is 337. The molecule has 0 saturated carbocycles. The molecule has 0 amide bonds. The summed E-state index contributed by atoms with van der Waals surface area (Å²) in [7, 11) is 1.71. The van der Waals surface area contributed by atoms with Gasteiger partial charge in [-0.1, -0.05) is 17.7 Å². The van der Waals surface area contributed by atoms with Crippen LogP contribution in [0.2, 0.25) is 5.02 Å². The van der Waals surface area contributed by atoms with E-state index in [0.29, 0.717) is 11.6 Å². The van der Waals surface area contributed by atoms with Gasteiger partial charge in [0, 0.05) is 25.2 Å². The second-order valence-corrected chi connectivity index (χ2v) is 4.59. The van der Waals surface area contributed by atoms with Gasteiger partial charge < -0.3 is 20.1 Å². The van der Waals surface area contributed by atoms with Gasteiger partial charge in [0.1, 0.15) is 12.4 Å². The van der Waals surface area contributed by atoms with Crippen LogP contribution in [0.3, 0.4) is 0 Å². The van der Waals surface area contributed by atoms with E-state index in [1.165, 1.54) is 0 Å². The van der Waals surface area contributed by atoms with Crippen LogP contribution in [0.1, 0.15) is 6.42 Å². The summed E-state index contributed by atoms with van der Waals surface area (Å²) in [4.78, 5) is 0. The Morgan fingerprint density at radius 1 is 1.05 bits per heavy atom.